The van der Waals surface area contributed by atoms with Gasteiger partial charge in [-0.15, -0.1) is 0 Å². The highest BCUT2D eigenvalue weighted by Gasteiger charge is 2.07. The lowest BCUT2D eigenvalue weighted by Gasteiger charge is -2.15. The van der Waals surface area contributed by atoms with Crippen LogP contribution in [-0.4, -0.2) is 11.0 Å². The second kappa shape index (κ2) is 8.68. The molecule has 0 radical (unpaired) electrons. The van der Waals surface area contributed by atoms with Crippen molar-refractivity contribution in [3.63, 3.8) is 0 Å². The van der Waals surface area contributed by atoms with E-state index < -0.39 is 0 Å². The van der Waals surface area contributed by atoms with E-state index in [2.05, 4.69) is 45.5 Å². The van der Waals surface area contributed by atoms with Crippen molar-refractivity contribution in [2.24, 2.45) is 0 Å². The molecule has 0 saturated heterocycles. The zero-order valence-corrected chi connectivity index (χ0v) is 10.4. The predicted octanol–water partition coefficient (Wildman–Crippen LogP) is 4.65. The van der Waals surface area contributed by atoms with E-state index in [9.17, 15) is 0 Å². The van der Waals surface area contributed by atoms with E-state index in [1.807, 2.05) is 0 Å². The van der Waals surface area contributed by atoms with Gasteiger partial charge in [0.05, 0.1) is 0 Å². The molecule has 78 valence electrons. The van der Waals surface area contributed by atoms with Crippen molar-refractivity contribution >= 4 is 11.8 Å². The van der Waals surface area contributed by atoms with Crippen LogP contribution >= 0.6 is 11.8 Å². The molecule has 13 heavy (non-hydrogen) atoms. The lowest BCUT2D eigenvalue weighted by atomic mass is 10.0. The van der Waals surface area contributed by atoms with Crippen LogP contribution in [0.15, 0.2) is 11.6 Å². The molecule has 0 fully saturated rings. The quantitative estimate of drug-likeness (QED) is 0.539. The molecule has 0 bridgehead atoms. The van der Waals surface area contributed by atoms with Crippen LogP contribution in [0.5, 0.6) is 0 Å². The molecule has 0 rings (SSSR count). The minimum atomic E-state index is 0.850. The average Bonchev–Trinajstić information content (AvgIpc) is 2.16. The lowest BCUT2D eigenvalue weighted by Crippen LogP contribution is -2.03. The summed E-state index contributed by atoms with van der Waals surface area (Å²) in [6, 6.07) is 0. The topological polar surface area (TPSA) is 0 Å². The number of thioether (sulfide) groups is 1. The van der Waals surface area contributed by atoms with Crippen molar-refractivity contribution in [1.82, 2.24) is 0 Å². The van der Waals surface area contributed by atoms with Crippen LogP contribution < -0.4 is 0 Å². The smallest absolute Gasteiger partial charge is 0.00814 e. The molecule has 0 aromatic carbocycles. The first kappa shape index (κ1) is 13.1. The standard InChI is InChI=1S/C12H24S/c1-5-9-11(6-2)10-12(7-3)13-8-4/h6,12H,5,7-10H2,1-4H3/b11-6-. The summed E-state index contributed by atoms with van der Waals surface area (Å²) < 4.78 is 0. The summed E-state index contributed by atoms with van der Waals surface area (Å²) in [4.78, 5) is 0. The third-order valence-electron chi connectivity index (χ3n) is 2.33. The first-order chi connectivity index (χ1) is 6.28. The molecule has 0 aromatic heterocycles. The number of hydrogen-bond donors (Lipinski definition) is 0. The lowest BCUT2D eigenvalue weighted by molar-refractivity contribution is 0.756. The summed E-state index contributed by atoms with van der Waals surface area (Å²) >= 11 is 2.11. The number of allylic oxidation sites excluding steroid dienone is 2. The van der Waals surface area contributed by atoms with Gasteiger partial charge >= 0.3 is 0 Å². The fourth-order valence-corrected chi connectivity index (χ4v) is 2.57. The molecule has 0 spiro atoms. The molecule has 1 unspecified atom stereocenters. The van der Waals surface area contributed by atoms with Crippen LogP contribution in [0.2, 0.25) is 0 Å². The summed E-state index contributed by atoms with van der Waals surface area (Å²) in [7, 11) is 0. The highest BCUT2D eigenvalue weighted by Crippen LogP contribution is 2.23. The van der Waals surface area contributed by atoms with Crippen molar-refractivity contribution in [1.29, 1.82) is 0 Å². The molecule has 0 nitrogen and oxygen atoms in total. The van der Waals surface area contributed by atoms with Crippen molar-refractivity contribution in [2.75, 3.05) is 5.75 Å². The first-order valence-electron chi connectivity index (χ1n) is 5.54. The molecule has 0 aliphatic heterocycles. The summed E-state index contributed by atoms with van der Waals surface area (Å²) in [6.45, 7) is 8.99. The molecule has 0 heterocycles. The normalized spacial score (nSPS) is 14.6. The van der Waals surface area contributed by atoms with Gasteiger partial charge < -0.3 is 0 Å². The Balaban J connectivity index is 3.88. The van der Waals surface area contributed by atoms with Crippen LogP contribution in [0.25, 0.3) is 0 Å². The van der Waals surface area contributed by atoms with E-state index in [1.165, 1.54) is 31.4 Å². The van der Waals surface area contributed by atoms with Gasteiger partial charge in [0.15, 0.2) is 0 Å². The molecule has 0 aliphatic rings. The minimum absolute atomic E-state index is 0.850. The Hall–Kier alpha value is 0.0900. The fourth-order valence-electron chi connectivity index (χ4n) is 1.53. The average molecular weight is 200 g/mol. The highest BCUT2D eigenvalue weighted by atomic mass is 32.2. The molecule has 0 aromatic rings. The van der Waals surface area contributed by atoms with Crippen LogP contribution in [0.4, 0.5) is 0 Å². The Bertz CT molecular complexity index is 138. The van der Waals surface area contributed by atoms with Gasteiger partial charge in [0.2, 0.25) is 0 Å². The van der Waals surface area contributed by atoms with Crippen molar-refractivity contribution in [2.45, 2.75) is 58.6 Å². The second-order valence-corrected chi connectivity index (χ2v) is 4.96. The Labute approximate surface area is 88.2 Å². The van der Waals surface area contributed by atoms with Crippen LogP contribution in [0, 0.1) is 0 Å². The third kappa shape index (κ3) is 6.20. The molecule has 0 N–H and O–H groups in total. The van der Waals surface area contributed by atoms with E-state index in [1.54, 1.807) is 5.57 Å². The summed E-state index contributed by atoms with van der Waals surface area (Å²) in [5, 5.41) is 0.850. The summed E-state index contributed by atoms with van der Waals surface area (Å²) in [5.41, 5.74) is 1.65. The Morgan fingerprint density at radius 1 is 1.31 bits per heavy atom. The van der Waals surface area contributed by atoms with Gasteiger partial charge in [0, 0.05) is 5.25 Å². The zero-order valence-electron chi connectivity index (χ0n) is 9.60. The zero-order chi connectivity index (χ0) is 10.1. The minimum Gasteiger partial charge on any atom is -0.159 e. The van der Waals surface area contributed by atoms with Gasteiger partial charge in [-0.25, -0.2) is 0 Å². The first-order valence-corrected chi connectivity index (χ1v) is 6.58. The molecule has 1 heteroatoms. The molecular formula is C12H24S. The monoisotopic (exact) mass is 200 g/mol. The van der Waals surface area contributed by atoms with Crippen LogP contribution in [-0.2, 0) is 0 Å². The third-order valence-corrected chi connectivity index (χ3v) is 3.63. The highest BCUT2D eigenvalue weighted by molar-refractivity contribution is 7.99. The maximum Gasteiger partial charge on any atom is 0.00814 e. The van der Waals surface area contributed by atoms with Crippen LogP contribution in [0.1, 0.15) is 53.4 Å². The predicted molar refractivity (Wildman–Crippen MR) is 65.5 cm³/mol. The number of hydrogen-bond acceptors (Lipinski definition) is 1. The summed E-state index contributed by atoms with van der Waals surface area (Å²) in [6.07, 6.45) is 7.49. The maximum absolute atomic E-state index is 2.31. The molecule has 1 atom stereocenters. The van der Waals surface area contributed by atoms with Gasteiger partial charge in [-0.2, -0.15) is 11.8 Å². The Morgan fingerprint density at radius 3 is 2.38 bits per heavy atom. The molecule has 0 amide bonds. The maximum atomic E-state index is 2.31. The Kier molecular flexibility index (Phi) is 8.74. The van der Waals surface area contributed by atoms with Crippen molar-refractivity contribution in [3.05, 3.63) is 11.6 Å². The fraction of sp³-hybridized carbons (Fsp3) is 0.833. The van der Waals surface area contributed by atoms with Crippen molar-refractivity contribution in [3.8, 4) is 0 Å². The van der Waals surface area contributed by atoms with E-state index in [-0.39, 0.29) is 0 Å². The van der Waals surface area contributed by atoms with E-state index >= 15 is 0 Å². The second-order valence-electron chi connectivity index (χ2n) is 3.39. The van der Waals surface area contributed by atoms with Gasteiger partial charge in [0.1, 0.15) is 0 Å². The number of rotatable bonds is 7. The van der Waals surface area contributed by atoms with Gasteiger partial charge in [0.25, 0.3) is 0 Å². The van der Waals surface area contributed by atoms with Crippen molar-refractivity contribution < 1.29 is 0 Å². The van der Waals surface area contributed by atoms with Gasteiger partial charge in [-0.3, -0.25) is 0 Å². The van der Waals surface area contributed by atoms with E-state index in [0.717, 1.165) is 5.25 Å². The Morgan fingerprint density at radius 2 is 2.00 bits per heavy atom. The largest absolute Gasteiger partial charge is 0.159 e. The van der Waals surface area contributed by atoms with Crippen LogP contribution in [0.3, 0.4) is 0 Å². The molecule has 0 saturated carbocycles. The molecular weight excluding hydrogens is 176 g/mol. The van der Waals surface area contributed by atoms with E-state index in [4.69, 9.17) is 0 Å². The van der Waals surface area contributed by atoms with Gasteiger partial charge in [-0.05, 0) is 31.9 Å². The summed E-state index contributed by atoms with van der Waals surface area (Å²) in [5.74, 6) is 1.25. The molecule has 0 aliphatic carbocycles. The van der Waals surface area contributed by atoms with Gasteiger partial charge in [-0.1, -0.05) is 38.8 Å². The SMILES string of the molecule is C/C=C(/CCC)CC(CC)SCC. The van der Waals surface area contributed by atoms with E-state index in [0.29, 0.717) is 0 Å².